The van der Waals surface area contributed by atoms with Gasteiger partial charge in [-0.25, -0.2) is 0 Å². The van der Waals surface area contributed by atoms with E-state index in [1.54, 1.807) is 40.6 Å². The third-order valence-electron chi connectivity index (χ3n) is 3.14. The minimum Gasteiger partial charge on any atom is -0.508 e. The zero-order valence-corrected chi connectivity index (χ0v) is 12.5. The number of phenolic OH excluding ortho intramolecular Hbond substituents is 1. The average Bonchev–Trinajstić information content (AvgIpc) is 2.52. The summed E-state index contributed by atoms with van der Waals surface area (Å²) in [6.45, 7) is 0. The van der Waals surface area contributed by atoms with Gasteiger partial charge < -0.3 is 24.1 Å². The number of aromatic hydroxyl groups is 1. The van der Waals surface area contributed by atoms with Crippen molar-refractivity contribution in [2.75, 3.05) is 28.4 Å². The highest BCUT2D eigenvalue weighted by atomic mass is 16.5. The molecule has 0 fully saturated rings. The second-order valence-corrected chi connectivity index (χ2v) is 4.30. The van der Waals surface area contributed by atoms with E-state index < -0.39 is 0 Å². The monoisotopic (exact) mass is 290 g/mol. The molecule has 5 heteroatoms. The van der Waals surface area contributed by atoms with Crippen LogP contribution in [0.3, 0.4) is 0 Å². The molecule has 5 nitrogen and oxygen atoms in total. The Morgan fingerprint density at radius 3 is 2.05 bits per heavy atom. The van der Waals surface area contributed by atoms with Gasteiger partial charge in [-0.15, -0.1) is 0 Å². The van der Waals surface area contributed by atoms with E-state index >= 15 is 0 Å². The summed E-state index contributed by atoms with van der Waals surface area (Å²) in [6.07, 6.45) is 0. The highest BCUT2D eigenvalue weighted by Crippen LogP contribution is 2.45. The van der Waals surface area contributed by atoms with Gasteiger partial charge in [0, 0.05) is 11.6 Å². The molecule has 0 atom stereocenters. The van der Waals surface area contributed by atoms with Crippen molar-refractivity contribution in [2.24, 2.45) is 0 Å². The molecule has 0 unspecified atom stereocenters. The van der Waals surface area contributed by atoms with E-state index in [0.717, 1.165) is 11.1 Å². The summed E-state index contributed by atoms with van der Waals surface area (Å²) < 4.78 is 21.2. The SMILES string of the molecule is COc1cc(O)cc(-c2ccc(OC)c(OC)c2OC)c1. The van der Waals surface area contributed by atoms with E-state index in [0.29, 0.717) is 23.0 Å². The van der Waals surface area contributed by atoms with Gasteiger partial charge in [-0.3, -0.25) is 0 Å². The van der Waals surface area contributed by atoms with Crippen LogP contribution in [0.25, 0.3) is 11.1 Å². The molecule has 2 rings (SSSR count). The first-order chi connectivity index (χ1) is 10.1. The molecule has 0 aromatic heterocycles. The first kappa shape index (κ1) is 14.8. The van der Waals surface area contributed by atoms with Gasteiger partial charge in [-0.05, 0) is 29.8 Å². The Labute approximate surface area is 123 Å². The van der Waals surface area contributed by atoms with E-state index in [9.17, 15) is 5.11 Å². The smallest absolute Gasteiger partial charge is 0.203 e. The van der Waals surface area contributed by atoms with Crippen molar-refractivity contribution in [3.8, 4) is 39.9 Å². The molecule has 0 aliphatic carbocycles. The molecule has 0 saturated heterocycles. The fraction of sp³-hybridized carbons (Fsp3) is 0.250. The summed E-state index contributed by atoms with van der Waals surface area (Å²) in [5, 5.41) is 9.80. The van der Waals surface area contributed by atoms with Gasteiger partial charge in [0.2, 0.25) is 5.75 Å². The molecule has 21 heavy (non-hydrogen) atoms. The van der Waals surface area contributed by atoms with Crippen LogP contribution in [-0.4, -0.2) is 33.5 Å². The lowest BCUT2D eigenvalue weighted by Gasteiger charge is -2.16. The predicted molar refractivity (Wildman–Crippen MR) is 79.8 cm³/mol. The van der Waals surface area contributed by atoms with Crippen molar-refractivity contribution < 1.29 is 24.1 Å². The summed E-state index contributed by atoms with van der Waals surface area (Å²) in [6, 6.07) is 8.61. The molecule has 0 aliphatic heterocycles. The molecule has 0 spiro atoms. The number of benzene rings is 2. The number of ether oxygens (including phenoxy) is 4. The predicted octanol–water partition coefficient (Wildman–Crippen LogP) is 3.09. The summed E-state index contributed by atoms with van der Waals surface area (Å²) in [5.41, 5.74) is 1.52. The molecule has 0 bridgehead atoms. The second-order valence-electron chi connectivity index (χ2n) is 4.30. The Morgan fingerprint density at radius 2 is 1.48 bits per heavy atom. The standard InChI is InChI=1S/C16H18O5/c1-18-12-8-10(7-11(17)9-12)13-5-6-14(19-2)16(21-4)15(13)20-3/h5-9,17H,1-4H3. The maximum absolute atomic E-state index is 9.80. The maximum atomic E-state index is 9.80. The summed E-state index contributed by atoms with van der Waals surface area (Å²) in [4.78, 5) is 0. The lowest BCUT2D eigenvalue weighted by molar-refractivity contribution is 0.325. The molecule has 0 amide bonds. The first-order valence-corrected chi connectivity index (χ1v) is 6.32. The van der Waals surface area contributed by atoms with Crippen LogP contribution in [0.2, 0.25) is 0 Å². The Balaban J connectivity index is 2.66. The van der Waals surface area contributed by atoms with Crippen LogP contribution in [0.1, 0.15) is 0 Å². The molecule has 112 valence electrons. The highest BCUT2D eigenvalue weighted by molar-refractivity contribution is 5.78. The minimum atomic E-state index is 0.112. The number of phenols is 1. The van der Waals surface area contributed by atoms with Crippen molar-refractivity contribution in [2.45, 2.75) is 0 Å². The van der Waals surface area contributed by atoms with E-state index in [1.807, 2.05) is 12.1 Å². The quantitative estimate of drug-likeness (QED) is 0.917. The second kappa shape index (κ2) is 6.26. The van der Waals surface area contributed by atoms with Crippen molar-refractivity contribution in [1.82, 2.24) is 0 Å². The fourth-order valence-corrected chi connectivity index (χ4v) is 2.19. The summed E-state index contributed by atoms with van der Waals surface area (Å²) >= 11 is 0. The first-order valence-electron chi connectivity index (χ1n) is 6.32. The summed E-state index contributed by atoms with van der Waals surface area (Å²) in [7, 11) is 6.22. The number of methoxy groups -OCH3 is 4. The van der Waals surface area contributed by atoms with Crippen LogP contribution in [0, 0.1) is 0 Å². The van der Waals surface area contributed by atoms with Crippen molar-refractivity contribution >= 4 is 0 Å². The Kier molecular flexibility index (Phi) is 4.42. The number of rotatable bonds is 5. The van der Waals surface area contributed by atoms with Crippen LogP contribution >= 0.6 is 0 Å². The van der Waals surface area contributed by atoms with Crippen LogP contribution in [0.15, 0.2) is 30.3 Å². The average molecular weight is 290 g/mol. The fourth-order valence-electron chi connectivity index (χ4n) is 2.19. The number of hydrogen-bond acceptors (Lipinski definition) is 5. The molecule has 0 aliphatic rings. The third kappa shape index (κ3) is 2.81. The van der Waals surface area contributed by atoms with Crippen molar-refractivity contribution in [3.05, 3.63) is 30.3 Å². The molecule has 2 aromatic carbocycles. The van der Waals surface area contributed by atoms with Gasteiger partial charge in [0.05, 0.1) is 28.4 Å². The van der Waals surface area contributed by atoms with Crippen molar-refractivity contribution in [1.29, 1.82) is 0 Å². The summed E-state index contributed by atoms with van der Waals surface area (Å²) in [5.74, 6) is 2.28. The molecule has 0 radical (unpaired) electrons. The van der Waals surface area contributed by atoms with Crippen LogP contribution in [0.4, 0.5) is 0 Å². The molecule has 0 saturated carbocycles. The highest BCUT2D eigenvalue weighted by Gasteiger charge is 2.17. The lowest BCUT2D eigenvalue weighted by Crippen LogP contribution is -1.97. The lowest BCUT2D eigenvalue weighted by atomic mass is 10.0. The Bertz CT molecular complexity index is 637. The van der Waals surface area contributed by atoms with Gasteiger partial charge in [0.1, 0.15) is 11.5 Å². The molecule has 2 aromatic rings. The van der Waals surface area contributed by atoms with Crippen LogP contribution < -0.4 is 18.9 Å². The van der Waals surface area contributed by atoms with E-state index in [1.165, 1.54) is 6.07 Å². The molecular formula is C16H18O5. The van der Waals surface area contributed by atoms with Gasteiger partial charge in [-0.1, -0.05) is 0 Å². The maximum Gasteiger partial charge on any atom is 0.203 e. The zero-order valence-electron chi connectivity index (χ0n) is 12.5. The van der Waals surface area contributed by atoms with Gasteiger partial charge >= 0.3 is 0 Å². The molecule has 1 N–H and O–H groups in total. The third-order valence-corrected chi connectivity index (χ3v) is 3.14. The van der Waals surface area contributed by atoms with Gasteiger partial charge in [0.25, 0.3) is 0 Å². The zero-order chi connectivity index (χ0) is 15.4. The topological polar surface area (TPSA) is 57.2 Å². The Morgan fingerprint density at radius 1 is 0.762 bits per heavy atom. The number of hydrogen-bond donors (Lipinski definition) is 1. The van der Waals surface area contributed by atoms with E-state index in [-0.39, 0.29) is 5.75 Å². The normalized spacial score (nSPS) is 10.1. The molecule has 0 heterocycles. The molecular weight excluding hydrogens is 272 g/mol. The Hall–Kier alpha value is -2.56. The van der Waals surface area contributed by atoms with Gasteiger partial charge in [-0.2, -0.15) is 0 Å². The van der Waals surface area contributed by atoms with Crippen molar-refractivity contribution in [3.63, 3.8) is 0 Å². The van der Waals surface area contributed by atoms with Crippen LogP contribution in [-0.2, 0) is 0 Å². The van der Waals surface area contributed by atoms with E-state index in [4.69, 9.17) is 18.9 Å². The van der Waals surface area contributed by atoms with Crippen LogP contribution in [0.5, 0.6) is 28.7 Å². The largest absolute Gasteiger partial charge is 0.508 e. The van der Waals surface area contributed by atoms with Gasteiger partial charge in [0.15, 0.2) is 11.5 Å². The van der Waals surface area contributed by atoms with E-state index in [2.05, 4.69) is 0 Å². The minimum absolute atomic E-state index is 0.112.